The lowest BCUT2D eigenvalue weighted by atomic mass is 10.0. The monoisotopic (exact) mass is 234 g/mol. The fourth-order valence-corrected chi connectivity index (χ4v) is 2.10. The van der Waals surface area contributed by atoms with E-state index in [4.69, 9.17) is 5.11 Å². The number of H-pyrrole nitrogens is 1. The SMILES string of the molecule is CC([18F])c1c(CCC(=O)O)[nH]c2ccccc12. The van der Waals surface area contributed by atoms with Gasteiger partial charge in [0.25, 0.3) is 0 Å². The van der Waals surface area contributed by atoms with Crippen molar-refractivity contribution in [3.05, 3.63) is 35.5 Å². The highest BCUT2D eigenvalue weighted by molar-refractivity contribution is 5.85. The van der Waals surface area contributed by atoms with Crippen molar-refractivity contribution in [2.24, 2.45) is 0 Å². The summed E-state index contributed by atoms with van der Waals surface area (Å²) >= 11 is 0. The highest BCUT2D eigenvalue weighted by Gasteiger charge is 2.16. The maximum atomic E-state index is 13.6. The molecule has 0 aliphatic heterocycles. The maximum Gasteiger partial charge on any atom is 0.303 e. The molecule has 0 saturated carbocycles. The van der Waals surface area contributed by atoms with Crippen LogP contribution in [-0.2, 0) is 11.2 Å². The van der Waals surface area contributed by atoms with Gasteiger partial charge in [0.1, 0.15) is 6.17 Å². The number of alkyl halides is 1. The van der Waals surface area contributed by atoms with Gasteiger partial charge >= 0.3 is 5.97 Å². The van der Waals surface area contributed by atoms with Crippen LogP contribution in [0.1, 0.15) is 30.8 Å². The van der Waals surface area contributed by atoms with Crippen LogP contribution in [-0.4, -0.2) is 16.1 Å². The summed E-state index contributed by atoms with van der Waals surface area (Å²) in [6, 6.07) is 7.43. The van der Waals surface area contributed by atoms with Crippen molar-refractivity contribution < 1.29 is 14.3 Å². The van der Waals surface area contributed by atoms with E-state index in [1.54, 1.807) is 0 Å². The first-order chi connectivity index (χ1) is 8.09. The Hall–Kier alpha value is -1.84. The molecule has 0 aliphatic rings. The van der Waals surface area contributed by atoms with Gasteiger partial charge in [-0.05, 0) is 19.4 Å². The number of para-hydroxylation sites is 1. The Kier molecular flexibility index (Phi) is 3.13. The molecule has 1 heterocycles. The van der Waals surface area contributed by atoms with Crippen LogP contribution in [0.25, 0.3) is 10.9 Å². The standard InChI is InChI=1S/C13H14FNO2/c1-8(14)13-9-4-2-3-5-10(9)15-11(13)6-7-12(16)17/h2-5,8,15H,6-7H2,1H3,(H,16,17)/i14-1. The number of rotatable bonds is 4. The second-order valence-corrected chi connectivity index (χ2v) is 4.07. The Morgan fingerprint density at radius 2 is 2.18 bits per heavy atom. The summed E-state index contributed by atoms with van der Waals surface area (Å²) in [7, 11) is 0. The second-order valence-electron chi connectivity index (χ2n) is 4.07. The molecule has 4 heteroatoms. The molecule has 17 heavy (non-hydrogen) atoms. The Bertz CT molecular complexity index is 545. The molecule has 0 amide bonds. The predicted molar refractivity (Wildman–Crippen MR) is 63.8 cm³/mol. The molecule has 90 valence electrons. The van der Waals surface area contributed by atoms with Crippen molar-refractivity contribution in [3.8, 4) is 0 Å². The van der Waals surface area contributed by atoms with Gasteiger partial charge in [0.2, 0.25) is 0 Å². The van der Waals surface area contributed by atoms with Crippen LogP contribution >= 0.6 is 0 Å². The predicted octanol–water partition coefficient (Wildman–Crippen LogP) is 3.22. The summed E-state index contributed by atoms with van der Waals surface area (Å²) in [6.45, 7) is 1.47. The van der Waals surface area contributed by atoms with E-state index >= 15 is 0 Å². The van der Waals surface area contributed by atoms with E-state index in [-0.39, 0.29) is 6.42 Å². The number of carboxylic acid groups (broad SMARTS) is 1. The van der Waals surface area contributed by atoms with Crippen LogP contribution in [0.15, 0.2) is 24.3 Å². The average molecular weight is 234 g/mol. The van der Waals surface area contributed by atoms with Gasteiger partial charge in [0.05, 0.1) is 6.42 Å². The van der Waals surface area contributed by atoms with Crippen LogP contribution in [0.3, 0.4) is 0 Å². The van der Waals surface area contributed by atoms with Gasteiger partial charge < -0.3 is 10.1 Å². The first-order valence-corrected chi connectivity index (χ1v) is 5.55. The first kappa shape index (κ1) is 11.6. The Labute approximate surface area is 98.3 Å². The number of aromatic nitrogens is 1. The molecule has 3 nitrogen and oxygen atoms in total. The van der Waals surface area contributed by atoms with Crippen molar-refractivity contribution >= 4 is 16.9 Å². The van der Waals surface area contributed by atoms with E-state index in [2.05, 4.69) is 4.98 Å². The second kappa shape index (κ2) is 4.57. The minimum atomic E-state index is -1.10. The summed E-state index contributed by atoms with van der Waals surface area (Å²) in [5.41, 5.74) is 2.12. The molecular weight excluding hydrogens is 220 g/mol. The van der Waals surface area contributed by atoms with Crippen LogP contribution in [0.4, 0.5) is 4.39 Å². The van der Waals surface area contributed by atoms with E-state index < -0.39 is 12.1 Å². The molecule has 2 N–H and O–H groups in total. The van der Waals surface area contributed by atoms with Gasteiger partial charge in [0, 0.05) is 22.2 Å². The third-order valence-corrected chi connectivity index (χ3v) is 2.81. The van der Waals surface area contributed by atoms with Gasteiger partial charge in [-0.2, -0.15) is 0 Å². The molecular formula is C13H14FNO2. The molecule has 0 spiro atoms. The molecule has 1 unspecified atom stereocenters. The highest BCUT2D eigenvalue weighted by atomic mass is 18.2. The van der Waals surface area contributed by atoms with E-state index in [9.17, 15) is 9.18 Å². The minimum absolute atomic E-state index is 0.00649. The Balaban J connectivity index is 2.46. The molecule has 2 aromatic rings. The van der Waals surface area contributed by atoms with Gasteiger partial charge in [-0.1, -0.05) is 18.2 Å². The van der Waals surface area contributed by atoms with Crippen molar-refractivity contribution in [1.82, 2.24) is 4.98 Å². The lowest BCUT2D eigenvalue weighted by Gasteiger charge is -2.04. The quantitative estimate of drug-likeness (QED) is 0.853. The van der Waals surface area contributed by atoms with Crippen LogP contribution in [0, 0.1) is 0 Å². The zero-order chi connectivity index (χ0) is 12.4. The highest BCUT2D eigenvalue weighted by Crippen LogP contribution is 2.30. The summed E-state index contributed by atoms with van der Waals surface area (Å²) in [4.78, 5) is 13.7. The van der Waals surface area contributed by atoms with E-state index in [1.807, 2.05) is 24.3 Å². The Morgan fingerprint density at radius 3 is 2.82 bits per heavy atom. The Morgan fingerprint density at radius 1 is 1.47 bits per heavy atom. The van der Waals surface area contributed by atoms with E-state index in [1.165, 1.54) is 6.92 Å². The number of aromatic amines is 1. The summed E-state index contributed by atoms with van der Waals surface area (Å²) in [6.07, 6.45) is -0.768. The van der Waals surface area contributed by atoms with Crippen molar-refractivity contribution in [3.63, 3.8) is 0 Å². The molecule has 1 aromatic heterocycles. The number of halogens is 1. The summed E-state index contributed by atoms with van der Waals surface area (Å²) < 4.78 is 13.6. The lowest BCUT2D eigenvalue weighted by Crippen LogP contribution is -2.00. The topological polar surface area (TPSA) is 53.1 Å². The third-order valence-electron chi connectivity index (χ3n) is 2.81. The van der Waals surface area contributed by atoms with E-state index in [0.717, 1.165) is 10.9 Å². The van der Waals surface area contributed by atoms with Crippen LogP contribution in [0.5, 0.6) is 0 Å². The fraction of sp³-hybridized carbons (Fsp3) is 0.308. The largest absolute Gasteiger partial charge is 0.481 e. The maximum absolute atomic E-state index is 13.6. The number of fused-ring (bicyclic) bond motifs is 1. The zero-order valence-electron chi connectivity index (χ0n) is 9.53. The van der Waals surface area contributed by atoms with Crippen molar-refractivity contribution in [1.29, 1.82) is 0 Å². The lowest BCUT2D eigenvalue weighted by molar-refractivity contribution is -0.136. The van der Waals surface area contributed by atoms with E-state index in [0.29, 0.717) is 17.7 Å². The zero-order valence-corrected chi connectivity index (χ0v) is 9.53. The number of carbonyl (C=O) groups is 1. The number of aliphatic carboxylic acids is 1. The smallest absolute Gasteiger partial charge is 0.303 e. The first-order valence-electron chi connectivity index (χ1n) is 5.55. The van der Waals surface area contributed by atoms with Crippen LogP contribution < -0.4 is 0 Å². The summed E-state index contributed by atoms with van der Waals surface area (Å²) in [5.74, 6) is -0.874. The average Bonchev–Trinajstić information content (AvgIpc) is 2.64. The fourth-order valence-electron chi connectivity index (χ4n) is 2.10. The van der Waals surface area contributed by atoms with Crippen molar-refractivity contribution in [2.75, 3.05) is 0 Å². The number of aryl methyl sites for hydroxylation is 1. The molecule has 0 saturated heterocycles. The number of benzene rings is 1. The van der Waals surface area contributed by atoms with Gasteiger partial charge in [-0.3, -0.25) is 4.79 Å². The number of carboxylic acids is 1. The number of hydrogen-bond donors (Lipinski definition) is 2. The number of nitrogens with one attached hydrogen (secondary N) is 1. The third kappa shape index (κ3) is 2.30. The molecule has 0 aliphatic carbocycles. The van der Waals surface area contributed by atoms with Crippen LogP contribution in [0.2, 0.25) is 0 Å². The van der Waals surface area contributed by atoms with Gasteiger partial charge in [-0.15, -0.1) is 0 Å². The normalized spacial score (nSPS) is 12.8. The molecule has 2 rings (SSSR count). The molecule has 1 atom stereocenters. The molecule has 1 aromatic carbocycles. The summed E-state index contributed by atoms with van der Waals surface area (Å²) in [5, 5.41) is 9.51. The van der Waals surface area contributed by atoms with Gasteiger partial charge in [-0.25, -0.2) is 4.39 Å². The minimum Gasteiger partial charge on any atom is -0.481 e. The molecule has 0 bridgehead atoms. The molecule has 0 radical (unpaired) electrons. The van der Waals surface area contributed by atoms with Crippen molar-refractivity contribution in [2.45, 2.75) is 25.9 Å². The van der Waals surface area contributed by atoms with Gasteiger partial charge in [0.15, 0.2) is 0 Å². The number of hydrogen-bond acceptors (Lipinski definition) is 1. The molecule has 0 fully saturated rings.